The lowest BCUT2D eigenvalue weighted by Gasteiger charge is -2.36. The van der Waals surface area contributed by atoms with E-state index in [1.165, 1.54) is 11.3 Å². The Labute approximate surface area is 303 Å². The molecule has 51 heavy (non-hydrogen) atoms. The normalized spacial score (nSPS) is 24.1. The van der Waals surface area contributed by atoms with Crippen LogP contribution in [0.2, 0.25) is 5.02 Å². The van der Waals surface area contributed by atoms with Crippen molar-refractivity contribution in [1.29, 1.82) is 0 Å². The zero-order chi connectivity index (χ0) is 36.5. The average Bonchev–Trinajstić information content (AvgIpc) is 3.44. The number of rotatable bonds is 12. The minimum atomic E-state index is -1.07. The maximum absolute atomic E-state index is 14.6. The van der Waals surface area contributed by atoms with Gasteiger partial charge in [-0.3, -0.25) is 24.0 Å². The van der Waals surface area contributed by atoms with Crippen LogP contribution in [0.5, 0.6) is 11.5 Å². The first-order valence-electron chi connectivity index (χ1n) is 18.4. The Kier molecular flexibility index (Phi) is 10.9. The van der Waals surface area contributed by atoms with Crippen LogP contribution >= 0.6 is 11.6 Å². The van der Waals surface area contributed by atoms with Crippen LogP contribution in [-0.2, 0) is 28.8 Å². The van der Waals surface area contributed by atoms with Crippen molar-refractivity contribution in [3.63, 3.8) is 0 Å². The molecule has 1 spiro atoms. The van der Waals surface area contributed by atoms with Gasteiger partial charge in [0.15, 0.2) is 17.1 Å². The van der Waals surface area contributed by atoms with Crippen molar-refractivity contribution >= 4 is 46.7 Å². The van der Waals surface area contributed by atoms with Gasteiger partial charge in [-0.25, -0.2) is 0 Å². The predicted molar refractivity (Wildman–Crippen MR) is 188 cm³/mol. The number of ether oxygens (including phenoxy) is 2. The van der Waals surface area contributed by atoms with Crippen LogP contribution in [-0.4, -0.2) is 83.1 Å². The monoisotopic (exact) mass is 727 g/mol. The lowest BCUT2D eigenvalue weighted by atomic mass is 9.84. The van der Waals surface area contributed by atoms with Crippen LogP contribution in [0.4, 0.5) is 0 Å². The fraction of sp³-hybridized carbons (Fsp3) is 0.676. The number of oxime groups is 1. The highest BCUT2D eigenvalue weighted by atomic mass is 35.5. The molecule has 13 nitrogen and oxygen atoms in total. The Morgan fingerprint density at radius 1 is 1.04 bits per heavy atom. The number of amides is 4. The predicted octanol–water partition coefficient (Wildman–Crippen LogP) is 4.17. The number of carbonyl (C=O) groups excluding carboxylic acids is 5. The Morgan fingerprint density at radius 3 is 2.47 bits per heavy atom. The molecule has 2 saturated carbocycles. The largest absolute Gasteiger partial charge is 0.454 e. The van der Waals surface area contributed by atoms with Gasteiger partial charge >= 0.3 is 0 Å². The molecule has 278 valence electrons. The summed E-state index contributed by atoms with van der Waals surface area (Å²) in [6.45, 7) is 7.56. The molecule has 4 atom stereocenters. The quantitative estimate of drug-likeness (QED) is 0.270. The van der Waals surface area contributed by atoms with Crippen LogP contribution in [0.1, 0.15) is 110 Å². The molecule has 14 heteroatoms. The highest BCUT2D eigenvalue weighted by molar-refractivity contribution is 6.38. The molecule has 0 unspecified atom stereocenters. The maximum Gasteiger partial charge on any atom is 0.289 e. The van der Waals surface area contributed by atoms with Crippen molar-refractivity contribution in [2.24, 2.45) is 16.5 Å². The summed E-state index contributed by atoms with van der Waals surface area (Å²) >= 11 is 6.47. The number of likely N-dealkylation sites (tertiary alicyclic amines) is 1. The molecule has 1 saturated heterocycles. The highest BCUT2D eigenvalue weighted by Gasteiger charge is 2.56. The first-order valence-corrected chi connectivity index (χ1v) is 18.7. The van der Waals surface area contributed by atoms with Crippen molar-refractivity contribution in [2.75, 3.05) is 13.3 Å². The minimum Gasteiger partial charge on any atom is -0.454 e. The summed E-state index contributed by atoms with van der Waals surface area (Å²) in [6, 6.07) is 0.400. The minimum absolute atomic E-state index is 0.00877. The van der Waals surface area contributed by atoms with E-state index in [0.717, 1.165) is 38.5 Å². The molecule has 0 bridgehead atoms. The first kappa shape index (κ1) is 36.9. The molecule has 3 heterocycles. The van der Waals surface area contributed by atoms with E-state index in [0.29, 0.717) is 40.6 Å². The first-order chi connectivity index (χ1) is 24.3. The molecule has 6 rings (SSSR count). The number of nitrogens with one attached hydrogen (secondary N) is 3. The number of hydrogen-bond acceptors (Lipinski definition) is 9. The van der Waals surface area contributed by atoms with Gasteiger partial charge < -0.3 is 35.2 Å². The van der Waals surface area contributed by atoms with Gasteiger partial charge in [-0.1, -0.05) is 70.1 Å². The van der Waals surface area contributed by atoms with E-state index >= 15 is 0 Å². The number of fused-ring (bicyclic) bond motifs is 1. The van der Waals surface area contributed by atoms with Crippen LogP contribution in [0.3, 0.4) is 0 Å². The fourth-order valence-electron chi connectivity index (χ4n) is 7.57. The SMILES string of the molecule is CCC[C@H](NC(=O)[C@@H]1C[C@]2(CC(c3cc(Cl)c4c(c3)OCO4)=NO2)CN1C(=O)[C@@H](NC(=O)CC1CCCCC1)C(C)(C)C)C(=O)C(=O)NC1CC1. The number of nitrogens with zero attached hydrogens (tertiary/aromatic N) is 2. The van der Waals surface area contributed by atoms with Gasteiger partial charge in [0.1, 0.15) is 12.1 Å². The summed E-state index contributed by atoms with van der Waals surface area (Å²) in [5.74, 6) is -1.42. The van der Waals surface area contributed by atoms with E-state index in [1.54, 1.807) is 12.1 Å². The van der Waals surface area contributed by atoms with Crippen LogP contribution < -0.4 is 25.4 Å². The fourth-order valence-corrected chi connectivity index (χ4v) is 7.84. The van der Waals surface area contributed by atoms with E-state index < -0.39 is 52.6 Å². The summed E-state index contributed by atoms with van der Waals surface area (Å²) < 4.78 is 11.0. The molecule has 3 fully saturated rings. The molecule has 3 aliphatic heterocycles. The Balaban J connectivity index is 1.24. The van der Waals surface area contributed by atoms with Crippen LogP contribution in [0.15, 0.2) is 17.3 Å². The molecule has 2 aliphatic carbocycles. The van der Waals surface area contributed by atoms with Gasteiger partial charge in [0.25, 0.3) is 5.91 Å². The third-order valence-corrected chi connectivity index (χ3v) is 10.8. The van der Waals surface area contributed by atoms with Gasteiger partial charge in [0, 0.05) is 30.9 Å². The van der Waals surface area contributed by atoms with E-state index in [4.69, 9.17) is 25.9 Å². The smallest absolute Gasteiger partial charge is 0.289 e. The van der Waals surface area contributed by atoms with E-state index in [2.05, 4.69) is 21.1 Å². The van der Waals surface area contributed by atoms with Gasteiger partial charge in [-0.2, -0.15) is 0 Å². The molecule has 1 aromatic rings. The van der Waals surface area contributed by atoms with Crippen molar-refractivity contribution in [2.45, 2.75) is 135 Å². The van der Waals surface area contributed by atoms with Crippen molar-refractivity contribution < 1.29 is 38.3 Å². The second kappa shape index (κ2) is 15.0. The number of benzene rings is 1. The number of carbonyl (C=O) groups is 5. The zero-order valence-corrected chi connectivity index (χ0v) is 30.7. The lowest BCUT2D eigenvalue weighted by Crippen LogP contribution is -2.59. The van der Waals surface area contributed by atoms with E-state index in [-0.39, 0.29) is 50.5 Å². The molecular formula is C37H50ClN5O8. The summed E-state index contributed by atoms with van der Waals surface area (Å²) in [5.41, 5.74) is -0.547. The van der Waals surface area contributed by atoms with Crippen molar-refractivity contribution in [3.05, 3.63) is 22.7 Å². The molecule has 5 aliphatic rings. The molecule has 3 N–H and O–H groups in total. The second-order valence-corrected chi connectivity index (χ2v) is 16.3. The zero-order valence-electron chi connectivity index (χ0n) is 30.0. The summed E-state index contributed by atoms with van der Waals surface area (Å²) in [6.07, 6.45) is 8.45. The molecule has 4 amide bonds. The Bertz CT molecular complexity index is 1580. The standard InChI is InChI=1S/C37H50ClN5O8/c1-5-9-25(30(45)34(47)39-23-12-13-23)40-33(46)27-18-37(17-26(42-51-37)22-15-24(38)31-28(16-22)49-20-50-31)19-43(27)35(48)32(36(2,3)4)41-29(44)14-21-10-7-6-8-11-21/h15-16,21,23,25,27,32H,5-14,17-20H2,1-4H3,(H,39,47)(H,40,46)(H,41,44)/t25-,27-,32+,37+/m0/s1. The number of halogens is 1. The van der Waals surface area contributed by atoms with Crippen molar-refractivity contribution in [1.82, 2.24) is 20.9 Å². The van der Waals surface area contributed by atoms with Crippen molar-refractivity contribution in [3.8, 4) is 11.5 Å². The van der Waals surface area contributed by atoms with Gasteiger partial charge in [-0.15, -0.1) is 0 Å². The van der Waals surface area contributed by atoms with Gasteiger partial charge in [-0.05, 0) is 55.6 Å². The Hall–Kier alpha value is -3.87. The lowest BCUT2D eigenvalue weighted by molar-refractivity contribution is -0.145. The summed E-state index contributed by atoms with van der Waals surface area (Å²) in [5, 5.41) is 13.3. The molecule has 0 aromatic heterocycles. The molecular weight excluding hydrogens is 678 g/mol. The number of hydrogen-bond donors (Lipinski definition) is 3. The van der Waals surface area contributed by atoms with Gasteiger partial charge in [0.2, 0.25) is 30.3 Å². The maximum atomic E-state index is 14.6. The summed E-state index contributed by atoms with van der Waals surface area (Å²) in [4.78, 5) is 75.7. The van der Waals surface area contributed by atoms with Crippen LogP contribution in [0, 0.1) is 11.3 Å². The third-order valence-electron chi connectivity index (χ3n) is 10.5. The second-order valence-electron chi connectivity index (χ2n) is 15.9. The number of ketones is 1. The molecule has 1 aromatic carbocycles. The average molecular weight is 728 g/mol. The van der Waals surface area contributed by atoms with E-state index in [1.807, 2.05) is 27.7 Å². The highest BCUT2D eigenvalue weighted by Crippen LogP contribution is 2.44. The van der Waals surface area contributed by atoms with E-state index in [9.17, 15) is 24.0 Å². The molecule has 0 radical (unpaired) electrons. The topological polar surface area (TPSA) is 165 Å². The third kappa shape index (κ3) is 8.45. The summed E-state index contributed by atoms with van der Waals surface area (Å²) in [7, 11) is 0. The number of Topliss-reactive ketones (excluding diaryl/α,β-unsaturated/α-hetero) is 1. The van der Waals surface area contributed by atoms with Gasteiger partial charge in [0.05, 0.1) is 23.3 Å². The van der Waals surface area contributed by atoms with Crippen LogP contribution in [0.25, 0.3) is 0 Å². The Morgan fingerprint density at radius 2 is 1.78 bits per heavy atom.